The van der Waals surface area contributed by atoms with Crippen LogP contribution in [0.15, 0.2) is 84.9 Å². The number of Topliss-reactive ketones (excluding diaryl/α,β-unsaturated/α-hetero) is 1. The Morgan fingerprint density at radius 3 is 2.48 bits per heavy atom. The van der Waals surface area contributed by atoms with Gasteiger partial charge in [0.25, 0.3) is 0 Å². The third-order valence-corrected chi connectivity index (χ3v) is 5.85. The van der Waals surface area contributed by atoms with E-state index in [2.05, 4.69) is 0 Å². The summed E-state index contributed by atoms with van der Waals surface area (Å²) < 4.78 is 0. The first-order chi connectivity index (χ1) is 14.1. The van der Waals surface area contributed by atoms with Crippen molar-refractivity contribution < 1.29 is 15.0 Å². The second-order valence-corrected chi connectivity index (χ2v) is 7.88. The first-order valence-corrected chi connectivity index (χ1v) is 10.2. The third-order valence-electron chi connectivity index (χ3n) is 5.85. The zero-order valence-electron chi connectivity index (χ0n) is 16.3. The molecule has 0 aliphatic heterocycles. The van der Waals surface area contributed by atoms with Crippen LogP contribution >= 0.6 is 0 Å². The summed E-state index contributed by atoms with van der Waals surface area (Å²) in [5, 5.41) is 23.1. The van der Waals surface area contributed by atoms with Crippen molar-refractivity contribution in [3.63, 3.8) is 0 Å². The van der Waals surface area contributed by atoms with E-state index in [-0.39, 0.29) is 24.0 Å². The quantitative estimate of drug-likeness (QED) is 0.617. The Bertz CT molecular complexity index is 1010. The molecule has 3 aromatic carbocycles. The lowest BCUT2D eigenvalue weighted by Crippen LogP contribution is -2.18. The Morgan fingerprint density at radius 1 is 0.966 bits per heavy atom. The molecule has 0 aromatic heterocycles. The molecule has 0 bridgehead atoms. The lowest BCUT2D eigenvalue weighted by Gasteiger charge is -2.19. The van der Waals surface area contributed by atoms with Crippen LogP contribution in [0.5, 0.6) is 0 Å². The lowest BCUT2D eigenvalue weighted by atomic mass is 9.86. The fourth-order valence-electron chi connectivity index (χ4n) is 4.27. The molecule has 4 atom stereocenters. The molecule has 0 saturated heterocycles. The molecule has 0 heterocycles. The van der Waals surface area contributed by atoms with Gasteiger partial charge in [-0.1, -0.05) is 84.9 Å². The first-order valence-electron chi connectivity index (χ1n) is 10.2. The number of aliphatic hydroxyl groups excluding tert-OH is 2. The Balaban J connectivity index is 1.49. The van der Waals surface area contributed by atoms with Gasteiger partial charge < -0.3 is 10.2 Å². The van der Waals surface area contributed by atoms with Gasteiger partial charge in [-0.15, -0.1) is 0 Å². The summed E-state index contributed by atoms with van der Waals surface area (Å²) in [6, 6.07) is 24.2. The normalized spacial score (nSPS) is 23.1. The number of hydrogen-bond donors (Lipinski definition) is 2. The molecular formula is C26H26O3. The maximum Gasteiger partial charge on any atom is 0.143 e. The maximum absolute atomic E-state index is 12.6. The predicted octanol–water partition coefficient (Wildman–Crippen LogP) is 4.42. The Hall–Kier alpha value is -2.75. The van der Waals surface area contributed by atoms with Crippen molar-refractivity contribution in [3.8, 4) is 0 Å². The maximum atomic E-state index is 12.6. The molecule has 0 radical (unpaired) electrons. The molecule has 1 aliphatic rings. The smallest absolute Gasteiger partial charge is 0.143 e. The number of carbonyl (C=O) groups is 1. The third kappa shape index (κ3) is 4.47. The highest BCUT2D eigenvalue weighted by Crippen LogP contribution is 2.39. The van der Waals surface area contributed by atoms with Gasteiger partial charge in [0.2, 0.25) is 0 Å². The monoisotopic (exact) mass is 386 g/mol. The van der Waals surface area contributed by atoms with Gasteiger partial charge in [0.15, 0.2) is 0 Å². The van der Waals surface area contributed by atoms with Crippen LogP contribution in [0.25, 0.3) is 10.8 Å². The molecule has 29 heavy (non-hydrogen) atoms. The van der Waals surface area contributed by atoms with E-state index in [1.54, 1.807) is 6.08 Å². The lowest BCUT2D eigenvalue weighted by molar-refractivity contribution is -0.119. The van der Waals surface area contributed by atoms with Gasteiger partial charge in [0, 0.05) is 12.3 Å². The number of ketones is 1. The van der Waals surface area contributed by atoms with Crippen molar-refractivity contribution in [1.29, 1.82) is 0 Å². The van der Waals surface area contributed by atoms with E-state index in [9.17, 15) is 15.0 Å². The van der Waals surface area contributed by atoms with Crippen LogP contribution in [-0.2, 0) is 11.2 Å². The Kier molecular flexibility index (Phi) is 5.89. The summed E-state index contributed by atoms with van der Waals surface area (Å²) in [6.07, 6.45) is 3.82. The van der Waals surface area contributed by atoms with E-state index in [1.807, 2.05) is 78.9 Å². The summed E-state index contributed by atoms with van der Waals surface area (Å²) >= 11 is 0. The molecule has 1 fully saturated rings. The highest BCUT2D eigenvalue weighted by Gasteiger charge is 2.41. The molecule has 2 N–H and O–H groups in total. The van der Waals surface area contributed by atoms with Gasteiger partial charge in [-0.05, 0) is 34.7 Å². The first kappa shape index (κ1) is 19.6. The van der Waals surface area contributed by atoms with E-state index < -0.39 is 12.2 Å². The SMILES string of the molecule is O=C1C[C@@H](O)[C@H](C=C[C@@H](O)CCc2ccccc2)[C@@H]1c1ccc2ccccc2c1. The van der Waals surface area contributed by atoms with Gasteiger partial charge >= 0.3 is 0 Å². The molecule has 3 heteroatoms. The summed E-state index contributed by atoms with van der Waals surface area (Å²) in [7, 11) is 0. The number of benzene rings is 3. The molecule has 0 amide bonds. The van der Waals surface area contributed by atoms with Gasteiger partial charge in [-0.2, -0.15) is 0 Å². The fourth-order valence-corrected chi connectivity index (χ4v) is 4.27. The molecule has 3 aromatic rings. The van der Waals surface area contributed by atoms with E-state index in [0.717, 1.165) is 22.8 Å². The molecule has 3 nitrogen and oxygen atoms in total. The second kappa shape index (κ2) is 8.73. The highest BCUT2D eigenvalue weighted by molar-refractivity contribution is 5.91. The van der Waals surface area contributed by atoms with E-state index in [4.69, 9.17) is 0 Å². The molecule has 1 saturated carbocycles. The number of rotatable bonds is 6. The van der Waals surface area contributed by atoms with Crippen molar-refractivity contribution in [2.45, 2.75) is 37.4 Å². The topological polar surface area (TPSA) is 57.5 Å². The van der Waals surface area contributed by atoms with Crippen molar-refractivity contribution in [3.05, 3.63) is 96.1 Å². The van der Waals surface area contributed by atoms with Gasteiger partial charge in [0.1, 0.15) is 5.78 Å². The predicted molar refractivity (Wildman–Crippen MR) is 116 cm³/mol. The fraction of sp³-hybridized carbons (Fsp3) is 0.269. The zero-order chi connectivity index (χ0) is 20.2. The van der Waals surface area contributed by atoms with Crippen LogP contribution in [0.1, 0.15) is 29.9 Å². The molecule has 0 unspecified atom stereocenters. The van der Waals surface area contributed by atoms with Crippen LogP contribution in [0, 0.1) is 5.92 Å². The zero-order valence-corrected chi connectivity index (χ0v) is 16.3. The number of fused-ring (bicyclic) bond motifs is 1. The Labute approximate surface area is 171 Å². The van der Waals surface area contributed by atoms with Crippen LogP contribution in [-0.4, -0.2) is 28.2 Å². The molecular weight excluding hydrogens is 360 g/mol. The van der Waals surface area contributed by atoms with Crippen LogP contribution in [0.3, 0.4) is 0 Å². The largest absolute Gasteiger partial charge is 0.392 e. The van der Waals surface area contributed by atoms with Crippen molar-refractivity contribution in [1.82, 2.24) is 0 Å². The molecule has 0 spiro atoms. The van der Waals surface area contributed by atoms with Gasteiger partial charge in [-0.25, -0.2) is 0 Å². The minimum atomic E-state index is -0.712. The van der Waals surface area contributed by atoms with E-state index in [0.29, 0.717) is 6.42 Å². The van der Waals surface area contributed by atoms with Crippen LogP contribution < -0.4 is 0 Å². The summed E-state index contributed by atoms with van der Waals surface area (Å²) in [4.78, 5) is 12.6. The average molecular weight is 386 g/mol. The molecule has 148 valence electrons. The summed E-state index contributed by atoms with van der Waals surface area (Å²) in [6.45, 7) is 0. The number of aliphatic hydroxyl groups is 2. The average Bonchev–Trinajstić information content (AvgIpc) is 3.04. The van der Waals surface area contributed by atoms with Gasteiger partial charge in [0.05, 0.1) is 18.1 Å². The van der Waals surface area contributed by atoms with Crippen molar-refractivity contribution >= 4 is 16.6 Å². The number of carbonyl (C=O) groups excluding carboxylic acids is 1. The second-order valence-electron chi connectivity index (χ2n) is 7.88. The van der Waals surface area contributed by atoms with Gasteiger partial charge in [-0.3, -0.25) is 4.79 Å². The highest BCUT2D eigenvalue weighted by atomic mass is 16.3. The van der Waals surface area contributed by atoms with Crippen molar-refractivity contribution in [2.75, 3.05) is 0 Å². The van der Waals surface area contributed by atoms with Crippen molar-refractivity contribution in [2.24, 2.45) is 5.92 Å². The van der Waals surface area contributed by atoms with Crippen LogP contribution in [0.4, 0.5) is 0 Å². The van der Waals surface area contributed by atoms with E-state index >= 15 is 0 Å². The summed E-state index contributed by atoms with van der Waals surface area (Å²) in [5.74, 6) is -0.622. The minimum absolute atomic E-state index is 0.0567. The van der Waals surface area contributed by atoms with Crippen LogP contribution in [0.2, 0.25) is 0 Å². The number of aryl methyl sites for hydroxylation is 1. The Morgan fingerprint density at radius 2 is 1.69 bits per heavy atom. The molecule has 1 aliphatic carbocycles. The summed E-state index contributed by atoms with van der Waals surface area (Å²) in [5.41, 5.74) is 2.11. The number of hydrogen-bond acceptors (Lipinski definition) is 3. The van der Waals surface area contributed by atoms with E-state index in [1.165, 1.54) is 5.56 Å². The standard InChI is InChI=1S/C26H26O3/c27-22(13-10-18-6-2-1-3-7-18)14-15-23-24(28)17-25(29)26(23)21-12-11-19-8-4-5-9-20(19)16-21/h1-9,11-12,14-16,22-24,26-28H,10,13,17H2/t22-,23-,24+,26-/m0/s1. The molecule has 4 rings (SSSR count). The minimum Gasteiger partial charge on any atom is -0.392 e.